The summed E-state index contributed by atoms with van der Waals surface area (Å²) in [6.07, 6.45) is 0. The quantitative estimate of drug-likeness (QED) is 0.636. The van der Waals surface area contributed by atoms with Gasteiger partial charge in [-0.3, -0.25) is 9.59 Å². The summed E-state index contributed by atoms with van der Waals surface area (Å²) >= 11 is 0. The van der Waals surface area contributed by atoms with Crippen LogP contribution in [-0.2, 0) is 19.7 Å². The molecule has 0 bridgehead atoms. The number of carbonyl (C=O) groups excluding carboxylic acids is 3. The van der Waals surface area contributed by atoms with Gasteiger partial charge in [0.25, 0.3) is 0 Å². The molecule has 142 valence electrons. The third-order valence-corrected chi connectivity index (χ3v) is 3.86. The van der Waals surface area contributed by atoms with E-state index in [4.69, 9.17) is 4.74 Å². The third kappa shape index (κ3) is 5.17. The third-order valence-electron chi connectivity index (χ3n) is 3.86. The number of carbonyl (C=O) groups is 3. The Morgan fingerprint density at radius 1 is 0.852 bits per heavy atom. The summed E-state index contributed by atoms with van der Waals surface area (Å²) in [6.45, 7) is 7.97. The van der Waals surface area contributed by atoms with E-state index >= 15 is 0 Å². The largest absolute Gasteiger partial charge is 0.462 e. The number of hydrogen-bond acceptors (Lipinski definition) is 4. The minimum Gasteiger partial charge on any atom is -0.462 e. The number of rotatable bonds is 4. The molecule has 0 aliphatic heterocycles. The second-order valence-electron chi connectivity index (χ2n) is 6.97. The van der Waals surface area contributed by atoms with Crippen LogP contribution < -0.4 is 10.6 Å². The maximum absolute atomic E-state index is 12.4. The molecule has 2 aromatic rings. The van der Waals surface area contributed by atoms with E-state index < -0.39 is 17.8 Å². The van der Waals surface area contributed by atoms with Crippen molar-refractivity contribution < 1.29 is 19.1 Å². The van der Waals surface area contributed by atoms with Crippen molar-refractivity contribution in [3.8, 4) is 0 Å². The lowest BCUT2D eigenvalue weighted by molar-refractivity contribution is -0.133. The molecular formula is C21H24N2O4. The lowest BCUT2D eigenvalue weighted by Gasteiger charge is -2.22. The van der Waals surface area contributed by atoms with Gasteiger partial charge in [0.15, 0.2) is 0 Å². The number of para-hydroxylation sites is 2. The van der Waals surface area contributed by atoms with Crippen LogP contribution in [0.4, 0.5) is 11.4 Å². The molecule has 2 aromatic carbocycles. The molecular weight excluding hydrogens is 344 g/mol. The zero-order valence-electron chi connectivity index (χ0n) is 16.0. The second kappa shape index (κ2) is 8.49. The number of ether oxygens (including phenoxy) is 1. The highest BCUT2D eigenvalue weighted by molar-refractivity contribution is 6.44. The molecule has 6 nitrogen and oxygen atoms in total. The predicted octanol–water partition coefficient (Wildman–Crippen LogP) is 3.74. The monoisotopic (exact) mass is 368 g/mol. The van der Waals surface area contributed by atoms with Crippen molar-refractivity contribution in [3.63, 3.8) is 0 Å². The fourth-order valence-corrected chi connectivity index (χ4v) is 2.58. The molecule has 0 aliphatic carbocycles. The summed E-state index contributed by atoms with van der Waals surface area (Å²) in [6, 6.07) is 13.7. The standard InChI is InChI=1S/C21H24N2O4/c1-5-27-20(26)14-10-6-8-12-16(14)22-18(24)19(25)23-17-13-9-7-11-15(17)21(2,3)4/h6-13H,5H2,1-4H3,(H,22,24)(H,23,25). The van der Waals surface area contributed by atoms with E-state index in [0.29, 0.717) is 5.69 Å². The Kier molecular flexibility index (Phi) is 6.34. The van der Waals surface area contributed by atoms with Crippen molar-refractivity contribution in [2.75, 3.05) is 17.2 Å². The van der Waals surface area contributed by atoms with Crippen LogP contribution in [0.3, 0.4) is 0 Å². The number of amides is 2. The highest BCUT2D eigenvalue weighted by atomic mass is 16.5. The van der Waals surface area contributed by atoms with E-state index in [2.05, 4.69) is 10.6 Å². The van der Waals surface area contributed by atoms with Gasteiger partial charge < -0.3 is 15.4 Å². The van der Waals surface area contributed by atoms with Crippen LogP contribution in [0.15, 0.2) is 48.5 Å². The van der Waals surface area contributed by atoms with Crippen LogP contribution in [0.2, 0.25) is 0 Å². The van der Waals surface area contributed by atoms with E-state index in [9.17, 15) is 14.4 Å². The SMILES string of the molecule is CCOC(=O)c1ccccc1NC(=O)C(=O)Nc1ccccc1C(C)(C)C. The second-order valence-corrected chi connectivity index (χ2v) is 6.97. The smallest absolute Gasteiger partial charge is 0.340 e. The van der Waals surface area contributed by atoms with Crippen molar-refractivity contribution in [1.82, 2.24) is 0 Å². The fraction of sp³-hybridized carbons (Fsp3) is 0.286. The van der Waals surface area contributed by atoms with E-state index in [-0.39, 0.29) is 23.3 Å². The lowest BCUT2D eigenvalue weighted by atomic mass is 9.86. The van der Waals surface area contributed by atoms with Gasteiger partial charge in [0, 0.05) is 5.69 Å². The molecule has 0 saturated carbocycles. The fourth-order valence-electron chi connectivity index (χ4n) is 2.58. The van der Waals surface area contributed by atoms with Crippen molar-refractivity contribution in [1.29, 1.82) is 0 Å². The van der Waals surface area contributed by atoms with Crippen molar-refractivity contribution in [3.05, 3.63) is 59.7 Å². The van der Waals surface area contributed by atoms with Gasteiger partial charge in [-0.05, 0) is 36.1 Å². The molecule has 0 aliphatic rings. The van der Waals surface area contributed by atoms with E-state index in [1.807, 2.05) is 32.9 Å². The molecule has 0 atom stereocenters. The van der Waals surface area contributed by atoms with Gasteiger partial charge in [-0.25, -0.2) is 4.79 Å². The van der Waals surface area contributed by atoms with Gasteiger partial charge in [0.2, 0.25) is 0 Å². The molecule has 0 unspecified atom stereocenters. The molecule has 2 rings (SSSR count). The minimum absolute atomic E-state index is 0.190. The number of nitrogens with one attached hydrogen (secondary N) is 2. The number of esters is 1. The van der Waals surface area contributed by atoms with Gasteiger partial charge in [-0.15, -0.1) is 0 Å². The van der Waals surface area contributed by atoms with Crippen molar-refractivity contribution >= 4 is 29.2 Å². The van der Waals surface area contributed by atoms with E-state index in [0.717, 1.165) is 5.56 Å². The van der Waals surface area contributed by atoms with Gasteiger partial charge >= 0.3 is 17.8 Å². The first-order valence-corrected chi connectivity index (χ1v) is 8.72. The Hall–Kier alpha value is -3.15. The Morgan fingerprint density at radius 3 is 1.96 bits per heavy atom. The Morgan fingerprint density at radius 2 is 1.37 bits per heavy atom. The molecule has 27 heavy (non-hydrogen) atoms. The normalized spacial score (nSPS) is 10.8. The lowest BCUT2D eigenvalue weighted by Crippen LogP contribution is -2.30. The van der Waals surface area contributed by atoms with E-state index in [1.54, 1.807) is 37.3 Å². The van der Waals surface area contributed by atoms with Gasteiger partial charge in [0.05, 0.1) is 17.9 Å². The Balaban J connectivity index is 2.17. The summed E-state index contributed by atoms with van der Waals surface area (Å²) in [5.74, 6) is -2.24. The van der Waals surface area contributed by atoms with Crippen molar-refractivity contribution in [2.24, 2.45) is 0 Å². The average Bonchev–Trinajstić information content (AvgIpc) is 2.61. The number of hydrogen-bond donors (Lipinski definition) is 2. The highest BCUT2D eigenvalue weighted by Gasteiger charge is 2.22. The zero-order valence-corrected chi connectivity index (χ0v) is 16.0. The average molecular weight is 368 g/mol. The molecule has 2 amide bonds. The molecule has 0 aromatic heterocycles. The van der Waals surface area contributed by atoms with Crippen LogP contribution in [0.1, 0.15) is 43.6 Å². The van der Waals surface area contributed by atoms with Gasteiger partial charge in [-0.2, -0.15) is 0 Å². The molecule has 2 N–H and O–H groups in total. The maximum atomic E-state index is 12.4. The van der Waals surface area contributed by atoms with Gasteiger partial charge in [-0.1, -0.05) is 51.1 Å². The zero-order chi connectivity index (χ0) is 20.0. The van der Waals surface area contributed by atoms with E-state index in [1.165, 1.54) is 6.07 Å². The molecule has 6 heteroatoms. The maximum Gasteiger partial charge on any atom is 0.340 e. The molecule has 0 saturated heterocycles. The van der Waals surface area contributed by atoms with Crippen LogP contribution in [0, 0.1) is 0 Å². The summed E-state index contributed by atoms with van der Waals surface area (Å²) in [7, 11) is 0. The van der Waals surface area contributed by atoms with Gasteiger partial charge in [0.1, 0.15) is 0 Å². The number of benzene rings is 2. The first-order valence-electron chi connectivity index (χ1n) is 8.72. The van der Waals surface area contributed by atoms with Crippen molar-refractivity contribution in [2.45, 2.75) is 33.1 Å². The van der Waals surface area contributed by atoms with Crippen LogP contribution in [-0.4, -0.2) is 24.4 Å². The molecule has 0 spiro atoms. The molecule has 0 radical (unpaired) electrons. The predicted molar refractivity (Wildman–Crippen MR) is 105 cm³/mol. The number of anilines is 2. The first kappa shape index (κ1) is 20.2. The first-order chi connectivity index (χ1) is 12.7. The van der Waals surface area contributed by atoms with Crippen LogP contribution in [0.5, 0.6) is 0 Å². The Labute approximate surface area is 158 Å². The highest BCUT2D eigenvalue weighted by Crippen LogP contribution is 2.29. The molecule has 0 heterocycles. The Bertz CT molecular complexity index is 853. The van der Waals surface area contributed by atoms with Crippen LogP contribution in [0.25, 0.3) is 0 Å². The van der Waals surface area contributed by atoms with Crippen LogP contribution >= 0.6 is 0 Å². The summed E-state index contributed by atoms with van der Waals surface area (Å²) in [4.78, 5) is 36.7. The summed E-state index contributed by atoms with van der Waals surface area (Å²) in [5, 5.41) is 5.12. The topological polar surface area (TPSA) is 84.5 Å². The summed E-state index contributed by atoms with van der Waals surface area (Å²) < 4.78 is 4.97. The molecule has 0 fully saturated rings. The minimum atomic E-state index is -0.865. The summed E-state index contributed by atoms with van der Waals surface area (Å²) in [5.41, 5.74) is 1.70.